The molecule has 0 aliphatic carbocycles. The third kappa shape index (κ3) is 4.97. The Hall–Kier alpha value is -2.57. The smallest absolute Gasteiger partial charge is 0.270 e. The van der Waals surface area contributed by atoms with Crippen molar-refractivity contribution in [3.05, 3.63) is 47.3 Å². The van der Waals surface area contributed by atoms with E-state index in [2.05, 4.69) is 34.4 Å². The second-order valence-corrected chi connectivity index (χ2v) is 5.91. The van der Waals surface area contributed by atoms with Gasteiger partial charge >= 0.3 is 0 Å². The summed E-state index contributed by atoms with van der Waals surface area (Å²) in [5, 5.41) is 5.45. The predicted octanol–water partition coefficient (Wildman–Crippen LogP) is 3.58. The number of nitrogens with zero attached hydrogens (tertiary/aromatic N) is 2. The lowest BCUT2D eigenvalue weighted by Gasteiger charge is -2.10. The molecule has 0 saturated carbocycles. The van der Waals surface area contributed by atoms with E-state index in [1.165, 1.54) is 6.07 Å². The Morgan fingerprint density at radius 1 is 1.21 bits per heavy atom. The molecule has 0 saturated heterocycles. The average molecular weight is 334 g/mol. The molecule has 24 heavy (non-hydrogen) atoms. The fourth-order valence-electron chi connectivity index (χ4n) is 2.02. The maximum atomic E-state index is 13.7. The molecule has 5 nitrogen and oxygen atoms in total. The minimum atomic E-state index is -0.761. The van der Waals surface area contributed by atoms with Gasteiger partial charge in [0.15, 0.2) is 0 Å². The number of aromatic nitrogens is 2. The fourth-order valence-corrected chi connectivity index (χ4v) is 2.02. The monoisotopic (exact) mass is 334 g/mol. The summed E-state index contributed by atoms with van der Waals surface area (Å²) in [7, 11) is 0. The third-order valence-corrected chi connectivity index (χ3v) is 3.27. The number of halogens is 2. The van der Waals surface area contributed by atoms with Gasteiger partial charge in [-0.25, -0.2) is 18.7 Å². The Kier molecular flexibility index (Phi) is 5.78. The van der Waals surface area contributed by atoms with Crippen LogP contribution in [0.4, 0.5) is 20.4 Å². The number of nitrogens with one attached hydrogen (secondary N) is 2. The van der Waals surface area contributed by atoms with Crippen molar-refractivity contribution >= 4 is 17.5 Å². The van der Waals surface area contributed by atoms with Gasteiger partial charge in [0.05, 0.1) is 5.69 Å². The average Bonchev–Trinajstić information content (AvgIpc) is 2.49. The first-order valence-electron chi connectivity index (χ1n) is 7.71. The molecular formula is C17H20F2N4O. The summed E-state index contributed by atoms with van der Waals surface area (Å²) in [5.41, 5.74) is 0.786. The van der Waals surface area contributed by atoms with Gasteiger partial charge in [-0.05, 0) is 37.5 Å². The molecule has 0 radical (unpaired) electrons. The highest BCUT2D eigenvalue weighted by Crippen LogP contribution is 2.19. The van der Waals surface area contributed by atoms with Crippen molar-refractivity contribution in [1.29, 1.82) is 0 Å². The molecule has 128 valence electrons. The Morgan fingerprint density at radius 3 is 2.62 bits per heavy atom. The molecule has 7 heteroatoms. The summed E-state index contributed by atoms with van der Waals surface area (Å²) in [5.74, 6) is -1.19. The van der Waals surface area contributed by atoms with Crippen molar-refractivity contribution < 1.29 is 13.6 Å². The number of rotatable bonds is 6. The van der Waals surface area contributed by atoms with Crippen molar-refractivity contribution in [2.45, 2.75) is 27.2 Å². The Balaban J connectivity index is 2.14. The van der Waals surface area contributed by atoms with Crippen LogP contribution in [0.5, 0.6) is 0 Å². The summed E-state index contributed by atoms with van der Waals surface area (Å²) in [4.78, 5) is 20.4. The molecule has 1 aromatic heterocycles. The van der Waals surface area contributed by atoms with Gasteiger partial charge < -0.3 is 10.6 Å². The fraction of sp³-hybridized carbons (Fsp3) is 0.353. The predicted molar refractivity (Wildman–Crippen MR) is 88.2 cm³/mol. The summed E-state index contributed by atoms with van der Waals surface area (Å²) in [6.07, 6.45) is 0.863. The van der Waals surface area contributed by atoms with Crippen molar-refractivity contribution in [1.82, 2.24) is 15.3 Å². The van der Waals surface area contributed by atoms with Crippen LogP contribution in [0, 0.1) is 24.5 Å². The van der Waals surface area contributed by atoms with E-state index in [4.69, 9.17) is 0 Å². The van der Waals surface area contributed by atoms with Gasteiger partial charge in [-0.1, -0.05) is 13.8 Å². The van der Waals surface area contributed by atoms with Crippen molar-refractivity contribution in [3.63, 3.8) is 0 Å². The quantitative estimate of drug-likeness (QED) is 0.847. The molecule has 2 rings (SSSR count). The second-order valence-electron chi connectivity index (χ2n) is 5.91. The number of benzene rings is 1. The first-order valence-corrected chi connectivity index (χ1v) is 7.71. The van der Waals surface area contributed by atoms with Crippen LogP contribution in [0.1, 0.15) is 36.5 Å². The molecule has 0 spiro atoms. The van der Waals surface area contributed by atoms with E-state index in [-0.39, 0.29) is 23.2 Å². The van der Waals surface area contributed by atoms with E-state index < -0.39 is 11.6 Å². The lowest BCUT2D eigenvalue weighted by Crippen LogP contribution is -2.26. The van der Waals surface area contributed by atoms with Crippen LogP contribution in [0.15, 0.2) is 24.3 Å². The normalized spacial score (nSPS) is 10.8. The van der Waals surface area contributed by atoms with Gasteiger partial charge in [0.25, 0.3) is 5.91 Å². The van der Waals surface area contributed by atoms with Crippen LogP contribution in [-0.2, 0) is 0 Å². The van der Waals surface area contributed by atoms with Crippen LogP contribution in [-0.4, -0.2) is 22.4 Å². The highest BCUT2D eigenvalue weighted by molar-refractivity contribution is 5.92. The SMILES string of the molecule is Cc1cc(C(=O)NCCC(C)C)nc(Nc2ccc(F)cc2F)n1. The largest absolute Gasteiger partial charge is 0.351 e. The van der Waals surface area contributed by atoms with Crippen LogP contribution < -0.4 is 10.6 Å². The number of hydrogen-bond donors (Lipinski definition) is 2. The molecule has 0 fully saturated rings. The zero-order valence-electron chi connectivity index (χ0n) is 13.9. The highest BCUT2D eigenvalue weighted by atomic mass is 19.1. The van der Waals surface area contributed by atoms with E-state index in [1.807, 2.05) is 0 Å². The third-order valence-electron chi connectivity index (χ3n) is 3.27. The summed E-state index contributed by atoms with van der Waals surface area (Å²) >= 11 is 0. The van der Waals surface area contributed by atoms with Crippen LogP contribution >= 0.6 is 0 Å². The molecule has 1 amide bonds. The van der Waals surface area contributed by atoms with Gasteiger partial charge in [-0.15, -0.1) is 0 Å². The molecule has 0 aliphatic rings. The van der Waals surface area contributed by atoms with E-state index in [0.717, 1.165) is 18.6 Å². The number of aryl methyl sites for hydroxylation is 1. The van der Waals surface area contributed by atoms with Gasteiger partial charge in [0.1, 0.15) is 17.3 Å². The van der Waals surface area contributed by atoms with E-state index in [0.29, 0.717) is 18.2 Å². The summed E-state index contributed by atoms with van der Waals surface area (Å²) < 4.78 is 26.6. The topological polar surface area (TPSA) is 66.9 Å². The van der Waals surface area contributed by atoms with E-state index in [9.17, 15) is 13.6 Å². The lowest BCUT2D eigenvalue weighted by molar-refractivity contribution is 0.0947. The molecule has 0 atom stereocenters. The first-order chi connectivity index (χ1) is 11.3. The molecule has 1 heterocycles. The molecule has 2 aromatic rings. The van der Waals surface area contributed by atoms with E-state index in [1.54, 1.807) is 13.0 Å². The number of carbonyl (C=O) groups excluding carboxylic acids is 1. The van der Waals surface area contributed by atoms with Crippen LogP contribution in [0.2, 0.25) is 0 Å². The number of anilines is 2. The summed E-state index contributed by atoms with van der Waals surface area (Å²) in [6.45, 7) is 6.40. The maximum absolute atomic E-state index is 13.7. The van der Waals surface area contributed by atoms with Crippen molar-refractivity contribution in [2.24, 2.45) is 5.92 Å². The zero-order valence-corrected chi connectivity index (χ0v) is 13.9. The standard InChI is InChI=1S/C17H20F2N4O/c1-10(2)6-7-20-16(24)15-8-11(3)21-17(23-15)22-14-5-4-12(18)9-13(14)19/h4-5,8-10H,6-7H2,1-3H3,(H,20,24)(H,21,22,23). The van der Waals surface area contributed by atoms with Gasteiger partial charge in [0.2, 0.25) is 5.95 Å². The summed E-state index contributed by atoms with van der Waals surface area (Å²) in [6, 6.07) is 4.69. The number of carbonyl (C=O) groups is 1. The van der Waals surface area contributed by atoms with Crippen molar-refractivity contribution in [2.75, 3.05) is 11.9 Å². The Morgan fingerprint density at radius 2 is 1.96 bits per heavy atom. The maximum Gasteiger partial charge on any atom is 0.270 e. The van der Waals surface area contributed by atoms with Gasteiger partial charge in [-0.3, -0.25) is 4.79 Å². The molecule has 0 aliphatic heterocycles. The minimum Gasteiger partial charge on any atom is -0.351 e. The molecule has 1 aromatic carbocycles. The van der Waals surface area contributed by atoms with Gasteiger partial charge in [-0.2, -0.15) is 0 Å². The van der Waals surface area contributed by atoms with Gasteiger partial charge in [0, 0.05) is 18.3 Å². The molecule has 0 unspecified atom stereocenters. The van der Waals surface area contributed by atoms with E-state index >= 15 is 0 Å². The highest BCUT2D eigenvalue weighted by Gasteiger charge is 2.12. The molecular weight excluding hydrogens is 314 g/mol. The minimum absolute atomic E-state index is 0.0353. The first kappa shape index (κ1) is 17.8. The van der Waals surface area contributed by atoms with Crippen LogP contribution in [0.25, 0.3) is 0 Å². The molecule has 0 bridgehead atoms. The Labute approximate surface area is 139 Å². The zero-order chi connectivity index (χ0) is 17.7. The van der Waals surface area contributed by atoms with Crippen LogP contribution in [0.3, 0.4) is 0 Å². The Bertz CT molecular complexity index is 735. The van der Waals surface area contributed by atoms with Crippen molar-refractivity contribution in [3.8, 4) is 0 Å². The second kappa shape index (κ2) is 7.81. The lowest BCUT2D eigenvalue weighted by atomic mass is 10.1. The molecule has 2 N–H and O–H groups in total. The number of amides is 1. The number of hydrogen-bond acceptors (Lipinski definition) is 4.